The highest BCUT2D eigenvalue weighted by molar-refractivity contribution is 7.98. The van der Waals surface area contributed by atoms with Crippen LogP contribution in [0.3, 0.4) is 0 Å². The van der Waals surface area contributed by atoms with Crippen molar-refractivity contribution < 1.29 is 28.4 Å². The number of piperidine rings is 1. The molecule has 172 valence electrons. The first kappa shape index (κ1) is 23.8. The van der Waals surface area contributed by atoms with Crippen molar-refractivity contribution in [2.75, 3.05) is 19.7 Å². The number of pyridine rings is 1. The lowest BCUT2D eigenvalue weighted by Gasteiger charge is -2.32. The van der Waals surface area contributed by atoms with E-state index in [2.05, 4.69) is 10.1 Å². The number of hydrogen-bond acceptors (Lipinski definition) is 9. The highest BCUT2D eigenvalue weighted by Gasteiger charge is 2.31. The highest BCUT2D eigenvalue weighted by Crippen LogP contribution is 2.25. The Labute approximate surface area is 190 Å². The Balaban J connectivity index is 1.55. The van der Waals surface area contributed by atoms with Gasteiger partial charge in [-0.2, -0.15) is 0 Å². The molecule has 0 saturated carbocycles. The molecule has 0 aliphatic carbocycles. The maximum atomic E-state index is 12.8. The van der Waals surface area contributed by atoms with Crippen LogP contribution in [0.5, 0.6) is 0 Å². The molecule has 0 radical (unpaired) electrons. The Morgan fingerprint density at radius 3 is 2.72 bits per heavy atom. The van der Waals surface area contributed by atoms with Gasteiger partial charge in [0, 0.05) is 31.1 Å². The van der Waals surface area contributed by atoms with Gasteiger partial charge in [-0.05, 0) is 45.7 Å². The van der Waals surface area contributed by atoms with Gasteiger partial charge < -0.3 is 18.9 Å². The molecule has 0 N–H and O–H groups in total. The summed E-state index contributed by atoms with van der Waals surface area (Å²) in [6.07, 6.45) is 1.72. The van der Waals surface area contributed by atoms with Crippen LogP contribution in [0.4, 0.5) is 0 Å². The number of carbonyl (C=O) groups excluding carboxylic acids is 3. The van der Waals surface area contributed by atoms with Gasteiger partial charge in [0.25, 0.3) is 5.91 Å². The third kappa shape index (κ3) is 6.09. The molecule has 0 spiro atoms. The van der Waals surface area contributed by atoms with Crippen LogP contribution in [-0.4, -0.2) is 58.7 Å². The fourth-order valence-corrected chi connectivity index (χ4v) is 4.28. The third-order valence-electron chi connectivity index (χ3n) is 5.08. The number of nitrogens with zero attached hydrogens (tertiary/aromatic N) is 3. The SMILES string of the molecule is CCOC(=O)C1CCN(C(=O)C(C)OC(=O)c2cccnc2SCc2cc(C)on2)CC1. The normalized spacial score (nSPS) is 15.3. The summed E-state index contributed by atoms with van der Waals surface area (Å²) in [7, 11) is 0. The standard InChI is InChI=1S/C22H27N3O6S/c1-4-29-21(27)16-7-10-25(11-8-16)20(26)15(3)30-22(28)18-6-5-9-23-19(18)32-13-17-12-14(2)31-24-17/h5-6,9,12,15-16H,4,7-8,10-11,13H2,1-3H3. The number of likely N-dealkylation sites (tertiary alicyclic amines) is 1. The third-order valence-corrected chi connectivity index (χ3v) is 6.12. The lowest BCUT2D eigenvalue weighted by molar-refractivity contribution is -0.152. The van der Waals surface area contributed by atoms with Crippen LogP contribution in [0.25, 0.3) is 0 Å². The topological polar surface area (TPSA) is 112 Å². The molecule has 1 aliphatic heterocycles. The van der Waals surface area contributed by atoms with Gasteiger partial charge in [-0.15, -0.1) is 0 Å². The second kappa shape index (κ2) is 11.1. The molecular formula is C22H27N3O6S. The summed E-state index contributed by atoms with van der Waals surface area (Å²) in [5.74, 6) is -0.115. The lowest BCUT2D eigenvalue weighted by atomic mass is 9.97. The van der Waals surface area contributed by atoms with E-state index in [1.807, 2.05) is 13.0 Å². The Hall–Kier alpha value is -2.88. The second-order valence-electron chi connectivity index (χ2n) is 7.47. The maximum absolute atomic E-state index is 12.8. The van der Waals surface area contributed by atoms with Gasteiger partial charge in [0.2, 0.25) is 0 Å². The molecule has 2 aromatic heterocycles. The fourth-order valence-electron chi connectivity index (χ4n) is 3.42. The monoisotopic (exact) mass is 461 g/mol. The van der Waals surface area contributed by atoms with E-state index in [1.165, 1.54) is 11.8 Å². The summed E-state index contributed by atoms with van der Waals surface area (Å²) in [4.78, 5) is 43.3. The van der Waals surface area contributed by atoms with Crippen LogP contribution in [-0.2, 0) is 24.8 Å². The Morgan fingerprint density at radius 1 is 1.31 bits per heavy atom. The van der Waals surface area contributed by atoms with E-state index in [0.29, 0.717) is 54.6 Å². The van der Waals surface area contributed by atoms with Crippen LogP contribution in [0, 0.1) is 12.8 Å². The molecule has 10 heteroatoms. The van der Waals surface area contributed by atoms with E-state index in [1.54, 1.807) is 37.1 Å². The van der Waals surface area contributed by atoms with Gasteiger partial charge in [0.05, 0.1) is 23.8 Å². The Bertz CT molecular complexity index is 955. The first-order valence-corrected chi connectivity index (χ1v) is 11.5. The van der Waals surface area contributed by atoms with Gasteiger partial charge in [-0.1, -0.05) is 16.9 Å². The van der Waals surface area contributed by atoms with Crippen molar-refractivity contribution in [3.8, 4) is 0 Å². The zero-order valence-electron chi connectivity index (χ0n) is 18.4. The lowest BCUT2D eigenvalue weighted by Crippen LogP contribution is -2.45. The average molecular weight is 462 g/mol. The van der Waals surface area contributed by atoms with E-state index in [9.17, 15) is 14.4 Å². The zero-order chi connectivity index (χ0) is 23.1. The average Bonchev–Trinajstić information content (AvgIpc) is 3.22. The smallest absolute Gasteiger partial charge is 0.341 e. The molecule has 1 saturated heterocycles. The number of carbonyl (C=O) groups is 3. The molecule has 1 atom stereocenters. The van der Waals surface area contributed by atoms with E-state index >= 15 is 0 Å². The minimum Gasteiger partial charge on any atom is -0.466 e. The van der Waals surface area contributed by atoms with Crippen molar-refractivity contribution in [1.82, 2.24) is 15.0 Å². The number of hydrogen-bond donors (Lipinski definition) is 0. The second-order valence-corrected chi connectivity index (χ2v) is 8.44. The van der Waals surface area contributed by atoms with Crippen molar-refractivity contribution in [3.63, 3.8) is 0 Å². The number of rotatable bonds is 8. The number of esters is 2. The molecule has 9 nitrogen and oxygen atoms in total. The predicted molar refractivity (Wildman–Crippen MR) is 116 cm³/mol. The highest BCUT2D eigenvalue weighted by atomic mass is 32.2. The molecule has 1 amide bonds. The molecular weight excluding hydrogens is 434 g/mol. The Morgan fingerprint density at radius 2 is 2.06 bits per heavy atom. The van der Waals surface area contributed by atoms with Gasteiger partial charge >= 0.3 is 11.9 Å². The van der Waals surface area contributed by atoms with Gasteiger partial charge in [0.1, 0.15) is 10.8 Å². The van der Waals surface area contributed by atoms with Gasteiger partial charge in [-0.25, -0.2) is 9.78 Å². The van der Waals surface area contributed by atoms with Crippen LogP contribution in [0.2, 0.25) is 0 Å². The summed E-state index contributed by atoms with van der Waals surface area (Å²) in [5, 5.41) is 4.43. The molecule has 32 heavy (non-hydrogen) atoms. The van der Waals surface area contributed by atoms with Crippen molar-refractivity contribution >= 4 is 29.6 Å². The summed E-state index contributed by atoms with van der Waals surface area (Å²) in [6, 6.07) is 5.08. The molecule has 0 bridgehead atoms. The van der Waals surface area contributed by atoms with Gasteiger partial charge in [-0.3, -0.25) is 9.59 Å². The minimum absolute atomic E-state index is 0.194. The number of aromatic nitrogens is 2. The molecule has 1 aliphatic rings. The van der Waals surface area contributed by atoms with E-state index in [-0.39, 0.29) is 17.8 Å². The van der Waals surface area contributed by atoms with Crippen LogP contribution in [0.15, 0.2) is 33.9 Å². The number of ether oxygens (including phenoxy) is 2. The molecule has 1 unspecified atom stereocenters. The van der Waals surface area contributed by atoms with E-state index < -0.39 is 12.1 Å². The maximum Gasteiger partial charge on any atom is 0.341 e. The van der Waals surface area contributed by atoms with Crippen LogP contribution >= 0.6 is 11.8 Å². The van der Waals surface area contributed by atoms with Crippen molar-refractivity contribution in [3.05, 3.63) is 41.4 Å². The molecule has 2 aromatic rings. The van der Waals surface area contributed by atoms with Crippen molar-refractivity contribution in [2.24, 2.45) is 5.92 Å². The van der Waals surface area contributed by atoms with Gasteiger partial charge in [0.15, 0.2) is 6.10 Å². The minimum atomic E-state index is -0.946. The van der Waals surface area contributed by atoms with Crippen LogP contribution < -0.4 is 0 Å². The number of thioether (sulfide) groups is 1. The summed E-state index contributed by atoms with van der Waals surface area (Å²) in [6.45, 7) is 6.33. The molecule has 1 fully saturated rings. The summed E-state index contributed by atoms with van der Waals surface area (Å²) >= 11 is 1.34. The predicted octanol–water partition coefficient (Wildman–Crippen LogP) is 3.02. The summed E-state index contributed by atoms with van der Waals surface area (Å²) < 4.78 is 15.6. The van der Waals surface area contributed by atoms with E-state index in [0.717, 1.165) is 5.69 Å². The van der Waals surface area contributed by atoms with Crippen molar-refractivity contribution in [2.45, 2.75) is 50.5 Å². The zero-order valence-corrected chi connectivity index (χ0v) is 19.2. The fraction of sp³-hybridized carbons (Fsp3) is 0.500. The molecule has 3 heterocycles. The first-order valence-electron chi connectivity index (χ1n) is 10.6. The van der Waals surface area contributed by atoms with Crippen molar-refractivity contribution in [1.29, 1.82) is 0 Å². The first-order chi connectivity index (χ1) is 15.4. The van der Waals surface area contributed by atoms with Crippen LogP contribution in [0.1, 0.15) is 48.5 Å². The Kier molecular flexibility index (Phi) is 8.26. The molecule has 3 rings (SSSR count). The largest absolute Gasteiger partial charge is 0.466 e. The quantitative estimate of drug-likeness (QED) is 0.432. The molecule has 0 aromatic carbocycles. The summed E-state index contributed by atoms with van der Waals surface area (Å²) in [5.41, 5.74) is 1.03. The van der Waals surface area contributed by atoms with E-state index in [4.69, 9.17) is 14.0 Å². The number of amides is 1. The number of aryl methyl sites for hydroxylation is 1.